The average Bonchev–Trinajstić information content (AvgIpc) is 2.73. The minimum absolute atomic E-state index is 0.111. The lowest BCUT2D eigenvalue weighted by molar-refractivity contribution is -0.114. The van der Waals surface area contributed by atoms with Crippen molar-refractivity contribution in [2.75, 3.05) is 44.0 Å². The molecule has 0 aliphatic heterocycles. The lowest BCUT2D eigenvalue weighted by atomic mass is 10.2. The largest absolute Gasteiger partial charge is 0.494 e. The first-order valence-electron chi connectivity index (χ1n) is 9.76. The molecule has 29 heavy (non-hydrogen) atoms. The monoisotopic (exact) mass is 399 g/mol. The molecule has 0 aromatic heterocycles. The van der Waals surface area contributed by atoms with Gasteiger partial charge in [-0.05, 0) is 42.8 Å². The molecule has 0 spiro atoms. The zero-order valence-corrected chi connectivity index (χ0v) is 17.0. The zero-order chi connectivity index (χ0) is 20.9. The quantitative estimate of drug-likeness (QED) is 0.477. The van der Waals surface area contributed by atoms with Crippen molar-refractivity contribution in [3.8, 4) is 5.75 Å². The molecule has 2 aromatic rings. The number of benzene rings is 2. The van der Waals surface area contributed by atoms with Crippen LogP contribution in [0, 0.1) is 0 Å². The summed E-state index contributed by atoms with van der Waals surface area (Å²) in [6.45, 7) is 3.81. The van der Waals surface area contributed by atoms with Gasteiger partial charge < -0.3 is 25.4 Å². The van der Waals surface area contributed by atoms with Crippen LogP contribution < -0.4 is 20.7 Å². The van der Waals surface area contributed by atoms with Crippen LogP contribution in [-0.4, -0.2) is 45.2 Å². The van der Waals surface area contributed by atoms with Gasteiger partial charge in [-0.15, -0.1) is 0 Å². The van der Waals surface area contributed by atoms with Gasteiger partial charge in [0.15, 0.2) is 0 Å². The second-order valence-electron chi connectivity index (χ2n) is 6.46. The third-order valence-electron chi connectivity index (χ3n) is 4.08. The minimum atomic E-state index is -0.169. The van der Waals surface area contributed by atoms with E-state index in [0.717, 1.165) is 24.3 Å². The number of carbonyl (C=O) groups is 2. The number of hydrogen-bond acceptors (Lipinski definition) is 5. The third-order valence-corrected chi connectivity index (χ3v) is 4.08. The number of nitrogens with one attached hydrogen (secondary N) is 3. The van der Waals surface area contributed by atoms with Crippen molar-refractivity contribution in [3.05, 3.63) is 54.1 Å². The van der Waals surface area contributed by atoms with E-state index in [1.54, 1.807) is 31.4 Å². The van der Waals surface area contributed by atoms with Crippen LogP contribution in [-0.2, 0) is 9.53 Å². The predicted molar refractivity (Wildman–Crippen MR) is 115 cm³/mol. The van der Waals surface area contributed by atoms with E-state index in [-0.39, 0.29) is 18.4 Å². The smallest absolute Gasteiger partial charge is 0.251 e. The molecule has 0 fully saturated rings. The van der Waals surface area contributed by atoms with Crippen molar-refractivity contribution in [2.45, 2.75) is 19.8 Å². The van der Waals surface area contributed by atoms with E-state index >= 15 is 0 Å². The van der Waals surface area contributed by atoms with Crippen LogP contribution in [0.25, 0.3) is 0 Å². The van der Waals surface area contributed by atoms with Crippen LogP contribution in [0.4, 0.5) is 11.4 Å². The van der Waals surface area contributed by atoms with Gasteiger partial charge in [0.2, 0.25) is 5.91 Å². The van der Waals surface area contributed by atoms with Gasteiger partial charge in [-0.2, -0.15) is 0 Å². The summed E-state index contributed by atoms with van der Waals surface area (Å²) in [5, 5.41) is 8.65. The predicted octanol–water partition coefficient (Wildman–Crippen LogP) is 3.29. The first kappa shape index (κ1) is 22.2. The topological polar surface area (TPSA) is 88.7 Å². The zero-order valence-electron chi connectivity index (χ0n) is 17.0. The molecule has 2 rings (SSSR count). The van der Waals surface area contributed by atoms with Gasteiger partial charge in [0.1, 0.15) is 5.75 Å². The molecule has 2 aromatic carbocycles. The van der Waals surface area contributed by atoms with Crippen LogP contribution in [0.15, 0.2) is 48.5 Å². The maximum Gasteiger partial charge on any atom is 0.251 e. The van der Waals surface area contributed by atoms with Crippen LogP contribution in [0.1, 0.15) is 30.1 Å². The van der Waals surface area contributed by atoms with Gasteiger partial charge in [0.25, 0.3) is 5.91 Å². The number of hydrogen-bond donors (Lipinski definition) is 3. The Morgan fingerprint density at radius 2 is 1.79 bits per heavy atom. The van der Waals surface area contributed by atoms with Crippen molar-refractivity contribution in [1.29, 1.82) is 0 Å². The summed E-state index contributed by atoms with van der Waals surface area (Å²) in [5.74, 6) is 0.410. The fourth-order valence-corrected chi connectivity index (χ4v) is 2.49. The molecule has 0 radical (unpaired) electrons. The number of unbranched alkanes of at least 4 members (excludes halogenated alkanes) is 1. The Balaban J connectivity index is 1.79. The van der Waals surface area contributed by atoms with Gasteiger partial charge in [-0.3, -0.25) is 9.59 Å². The number of ether oxygens (including phenoxy) is 2. The number of methoxy groups -OCH3 is 1. The Labute approximate surface area is 171 Å². The van der Waals surface area contributed by atoms with E-state index in [0.29, 0.717) is 31.0 Å². The molecule has 0 bridgehead atoms. The normalized spacial score (nSPS) is 10.3. The Bertz CT molecular complexity index is 778. The van der Waals surface area contributed by atoms with Crippen molar-refractivity contribution in [1.82, 2.24) is 5.32 Å². The Kier molecular flexibility index (Phi) is 9.51. The molecule has 0 unspecified atom stereocenters. The molecule has 0 atom stereocenters. The Morgan fingerprint density at radius 3 is 2.52 bits per heavy atom. The molecule has 0 aliphatic rings. The molecule has 0 saturated heterocycles. The summed E-state index contributed by atoms with van der Waals surface area (Å²) in [6.07, 6.45) is 2.07. The standard InChI is InChI=1S/C22H29N3O4/c1-3-4-13-29-20-7-5-6-19(15-20)25-21(26)16-24-18-10-8-17(9-11-18)22(27)23-12-14-28-2/h5-11,15,24H,3-4,12-14,16H2,1-2H3,(H,23,27)(H,25,26). The van der Waals surface area contributed by atoms with E-state index in [1.807, 2.05) is 24.3 Å². The maximum absolute atomic E-state index is 12.2. The number of carbonyl (C=O) groups excluding carboxylic acids is 2. The average molecular weight is 399 g/mol. The fourth-order valence-electron chi connectivity index (χ4n) is 2.49. The molecule has 3 N–H and O–H groups in total. The SMILES string of the molecule is CCCCOc1cccc(NC(=O)CNc2ccc(C(=O)NCCOC)cc2)c1. The summed E-state index contributed by atoms with van der Waals surface area (Å²) >= 11 is 0. The minimum Gasteiger partial charge on any atom is -0.494 e. The number of amides is 2. The molecular weight excluding hydrogens is 370 g/mol. The maximum atomic E-state index is 12.2. The summed E-state index contributed by atoms with van der Waals surface area (Å²) in [6, 6.07) is 14.3. The molecule has 0 aliphatic carbocycles. The van der Waals surface area contributed by atoms with Gasteiger partial charge >= 0.3 is 0 Å². The second-order valence-corrected chi connectivity index (χ2v) is 6.46. The highest BCUT2D eigenvalue weighted by Crippen LogP contribution is 2.17. The summed E-state index contributed by atoms with van der Waals surface area (Å²) in [4.78, 5) is 24.1. The van der Waals surface area contributed by atoms with E-state index in [2.05, 4.69) is 22.9 Å². The third kappa shape index (κ3) is 8.23. The molecule has 0 saturated carbocycles. The molecule has 156 valence electrons. The summed E-state index contributed by atoms with van der Waals surface area (Å²) in [7, 11) is 1.58. The number of anilines is 2. The Hall–Kier alpha value is -3.06. The van der Waals surface area contributed by atoms with Gasteiger partial charge in [0.05, 0.1) is 19.8 Å². The lowest BCUT2D eigenvalue weighted by Gasteiger charge is -2.10. The van der Waals surface area contributed by atoms with Crippen LogP contribution in [0.5, 0.6) is 5.75 Å². The Morgan fingerprint density at radius 1 is 1.00 bits per heavy atom. The lowest BCUT2D eigenvalue weighted by Crippen LogP contribution is -2.26. The van der Waals surface area contributed by atoms with Gasteiger partial charge in [0, 0.05) is 36.7 Å². The molecule has 7 heteroatoms. The fraction of sp³-hybridized carbons (Fsp3) is 0.364. The highest BCUT2D eigenvalue weighted by atomic mass is 16.5. The molecular formula is C22H29N3O4. The highest BCUT2D eigenvalue weighted by Gasteiger charge is 2.06. The van der Waals surface area contributed by atoms with Gasteiger partial charge in [-0.1, -0.05) is 19.4 Å². The van der Waals surface area contributed by atoms with Crippen molar-refractivity contribution >= 4 is 23.2 Å². The van der Waals surface area contributed by atoms with E-state index < -0.39 is 0 Å². The molecule has 0 heterocycles. The molecule has 7 nitrogen and oxygen atoms in total. The van der Waals surface area contributed by atoms with Crippen LogP contribution in [0.2, 0.25) is 0 Å². The molecule has 2 amide bonds. The van der Waals surface area contributed by atoms with Crippen molar-refractivity contribution in [3.63, 3.8) is 0 Å². The van der Waals surface area contributed by atoms with E-state index in [4.69, 9.17) is 9.47 Å². The van der Waals surface area contributed by atoms with E-state index in [1.165, 1.54) is 0 Å². The second kappa shape index (κ2) is 12.4. The first-order valence-corrected chi connectivity index (χ1v) is 9.76. The highest BCUT2D eigenvalue weighted by molar-refractivity contribution is 5.95. The van der Waals surface area contributed by atoms with Crippen LogP contribution >= 0.6 is 0 Å². The summed E-state index contributed by atoms with van der Waals surface area (Å²) < 4.78 is 10.6. The van der Waals surface area contributed by atoms with Gasteiger partial charge in [-0.25, -0.2) is 0 Å². The first-order chi connectivity index (χ1) is 14.1. The van der Waals surface area contributed by atoms with Crippen molar-refractivity contribution < 1.29 is 19.1 Å². The number of rotatable bonds is 12. The summed E-state index contributed by atoms with van der Waals surface area (Å²) in [5.41, 5.74) is 2.00. The van der Waals surface area contributed by atoms with E-state index in [9.17, 15) is 9.59 Å². The van der Waals surface area contributed by atoms with Crippen molar-refractivity contribution in [2.24, 2.45) is 0 Å². The van der Waals surface area contributed by atoms with Crippen LogP contribution in [0.3, 0.4) is 0 Å².